The minimum Gasteiger partial charge on any atom is -0.616 e. The van der Waals surface area contributed by atoms with Crippen molar-refractivity contribution >= 4 is 40.1 Å². The molecule has 0 rings (SSSR count). The summed E-state index contributed by atoms with van der Waals surface area (Å²) in [5.74, 6) is 1.56. The molecule has 0 amide bonds. The Kier molecular flexibility index (Phi) is 6.45. The molecular formula is C4H11O3PS3. The predicted octanol–water partition coefficient (Wildman–Crippen LogP) is 0.697. The van der Waals surface area contributed by atoms with E-state index in [1.54, 1.807) is 0 Å². The van der Waals surface area contributed by atoms with E-state index >= 15 is 0 Å². The molecule has 2 N–H and O–H groups in total. The molecule has 0 aromatic heterocycles. The Morgan fingerprint density at radius 3 is 2.55 bits per heavy atom. The molecule has 0 bridgehead atoms. The topological polar surface area (TPSA) is 63.5 Å². The van der Waals surface area contributed by atoms with Gasteiger partial charge in [0.15, 0.2) is 0 Å². The summed E-state index contributed by atoms with van der Waals surface area (Å²) < 4.78 is 10.8. The maximum Gasteiger partial charge on any atom is 0.242 e. The average molecular weight is 234 g/mol. The van der Waals surface area contributed by atoms with Gasteiger partial charge in [-0.1, -0.05) is 22.6 Å². The summed E-state index contributed by atoms with van der Waals surface area (Å²) in [5.41, 5.74) is -3.12. The van der Waals surface area contributed by atoms with Gasteiger partial charge in [0.25, 0.3) is 0 Å². The van der Waals surface area contributed by atoms with Gasteiger partial charge < -0.3 is 14.3 Å². The lowest BCUT2D eigenvalue weighted by atomic mass is 10.9. The minimum atomic E-state index is -3.12. The van der Waals surface area contributed by atoms with Crippen LogP contribution >= 0.6 is 17.1 Å². The Balaban J connectivity index is 3.35. The van der Waals surface area contributed by atoms with Gasteiger partial charge in [-0.05, 0) is 18.7 Å². The van der Waals surface area contributed by atoms with Gasteiger partial charge in [0, 0.05) is 5.75 Å². The molecule has 0 spiro atoms. The maximum atomic E-state index is 10.8. The van der Waals surface area contributed by atoms with Gasteiger partial charge in [0.1, 0.15) is 11.5 Å². The van der Waals surface area contributed by atoms with E-state index in [-0.39, 0.29) is 0 Å². The standard InChI is InChI=1S/C4H11O3PS3/c1-2-11(7)4-3-10-8(5,6)9/h2-4H2,1H3,(H2,5,6,9). The van der Waals surface area contributed by atoms with Gasteiger partial charge >= 0.3 is 0 Å². The zero-order valence-corrected chi connectivity index (χ0v) is 9.44. The molecular weight excluding hydrogens is 223 g/mol. The third-order valence-corrected chi connectivity index (χ3v) is 5.68. The number of rotatable bonds is 5. The summed E-state index contributed by atoms with van der Waals surface area (Å²) >= 11 is 4.45. The summed E-state index contributed by atoms with van der Waals surface area (Å²) in [6.45, 7) is 1.83. The van der Waals surface area contributed by atoms with Crippen LogP contribution in [0.4, 0.5) is 0 Å². The van der Waals surface area contributed by atoms with Crippen molar-refractivity contribution in [2.75, 3.05) is 17.3 Å². The zero-order chi connectivity index (χ0) is 8.91. The second-order valence-corrected chi connectivity index (χ2v) is 9.79. The van der Waals surface area contributed by atoms with Crippen LogP contribution in [0.5, 0.6) is 0 Å². The molecule has 68 valence electrons. The normalized spacial score (nSPS) is 14.9. The number of hydrogen-bond acceptors (Lipinski definition) is 3. The molecule has 0 saturated heterocycles. The van der Waals surface area contributed by atoms with Crippen LogP contribution in [-0.4, -0.2) is 31.6 Å². The van der Waals surface area contributed by atoms with Crippen LogP contribution in [0.25, 0.3) is 0 Å². The largest absolute Gasteiger partial charge is 0.616 e. The van der Waals surface area contributed by atoms with Crippen molar-refractivity contribution in [3.8, 4) is 0 Å². The first-order valence-electron chi connectivity index (χ1n) is 3.00. The summed E-state index contributed by atoms with van der Waals surface area (Å²) in [6, 6.07) is 0. The van der Waals surface area contributed by atoms with E-state index in [1.807, 2.05) is 6.92 Å². The lowest BCUT2D eigenvalue weighted by Crippen LogP contribution is -2.10. The van der Waals surface area contributed by atoms with Crippen LogP contribution in [0.2, 0.25) is 0 Å². The Bertz CT molecular complexity index is 148. The van der Waals surface area contributed by atoms with Crippen molar-refractivity contribution in [1.82, 2.24) is 0 Å². The molecule has 1 atom stereocenters. The second kappa shape index (κ2) is 5.80. The highest BCUT2D eigenvalue weighted by Crippen LogP contribution is 2.50. The molecule has 0 heterocycles. The third kappa shape index (κ3) is 9.14. The Hall–Kier alpha value is 1.23. The van der Waals surface area contributed by atoms with E-state index in [0.717, 1.165) is 11.4 Å². The highest BCUT2D eigenvalue weighted by molar-refractivity contribution is 8.67. The zero-order valence-electron chi connectivity index (χ0n) is 6.10. The quantitative estimate of drug-likeness (QED) is 0.541. The van der Waals surface area contributed by atoms with E-state index < -0.39 is 16.9 Å². The molecule has 0 aliphatic rings. The van der Waals surface area contributed by atoms with E-state index in [2.05, 4.69) is 11.8 Å². The van der Waals surface area contributed by atoms with Crippen molar-refractivity contribution < 1.29 is 14.3 Å². The van der Waals surface area contributed by atoms with E-state index in [1.165, 1.54) is 0 Å². The van der Waals surface area contributed by atoms with Gasteiger partial charge in [-0.2, -0.15) is 0 Å². The average Bonchev–Trinajstić information content (AvgIpc) is 1.85. The van der Waals surface area contributed by atoms with Crippen LogP contribution in [0, 0.1) is 0 Å². The molecule has 0 fully saturated rings. The fraction of sp³-hybridized carbons (Fsp3) is 1.00. The summed E-state index contributed by atoms with van der Waals surface area (Å²) in [5, 5.41) is 0. The van der Waals surface area contributed by atoms with Gasteiger partial charge in [-0.25, -0.2) is 0 Å². The van der Waals surface area contributed by atoms with Crippen LogP contribution in [0.15, 0.2) is 0 Å². The monoisotopic (exact) mass is 234 g/mol. The van der Waals surface area contributed by atoms with E-state index in [4.69, 9.17) is 9.79 Å². The first-order valence-corrected chi connectivity index (χ1v) is 8.79. The molecule has 0 radical (unpaired) electrons. The maximum absolute atomic E-state index is 10.8. The predicted molar refractivity (Wildman–Crippen MR) is 54.7 cm³/mol. The minimum absolute atomic E-state index is 0.463. The highest BCUT2D eigenvalue weighted by Gasteiger charge is 2.10. The summed E-state index contributed by atoms with van der Waals surface area (Å²) in [4.78, 5) is 17.5. The van der Waals surface area contributed by atoms with Crippen LogP contribution < -0.4 is 0 Å². The first-order chi connectivity index (χ1) is 4.95. The molecule has 0 aromatic rings. The van der Waals surface area contributed by atoms with Crippen molar-refractivity contribution in [2.45, 2.75) is 6.92 Å². The van der Waals surface area contributed by atoms with Crippen molar-refractivity contribution in [3.05, 3.63) is 0 Å². The molecule has 0 aromatic carbocycles. The fourth-order valence-corrected chi connectivity index (χ4v) is 4.02. The molecule has 7 heteroatoms. The smallest absolute Gasteiger partial charge is 0.242 e. The Morgan fingerprint density at radius 1 is 1.64 bits per heavy atom. The van der Waals surface area contributed by atoms with Gasteiger partial charge in [-0.15, -0.1) is 0 Å². The van der Waals surface area contributed by atoms with E-state index in [0.29, 0.717) is 17.3 Å². The molecule has 11 heavy (non-hydrogen) atoms. The molecule has 0 saturated carbocycles. The van der Waals surface area contributed by atoms with E-state index in [9.17, 15) is 4.55 Å². The highest BCUT2D eigenvalue weighted by atomic mass is 32.9. The SMILES string of the molecule is CC[S+]([O-])CCSP(O)(O)=S. The molecule has 1 unspecified atom stereocenters. The molecule has 0 aliphatic carbocycles. The van der Waals surface area contributed by atoms with Crippen LogP contribution in [0.3, 0.4) is 0 Å². The van der Waals surface area contributed by atoms with Gasteiger partial charge in [0.2, 0.25) is 5.69 Å². The van der Waals surface area contributed by atoms with Gasteiger partial charge in [-0.3, -0.25) is 0 Å². The van der Waals surface area contributed by atoms with Crippen LogP contribution in [0.1, 0.15) is 6.92 Å². The lowest BCUT2D eigenvalue weighted by molar-refractivity contribution is 0.502. The summed E-state index contributed by atoms with van der Waals surface area (Å²) in [6.07, 6.45) is 0. The first kappa shape index (κ1) is 12.2. The van der Waals surface area contributed by atoms with Crippen LogP contribution in [-0.2, 0) is 23.0 Å². The van der Waals surface area contributed by atoms with Crippen molar-refractivity contribution in [1.29, 1.82) is 0 Å². The molecule has 0 aliphatic heterocycles. The third-order valence-electron chi connectivity index (χ3n) is 0.892. The molecule has 3 nitrogen and oxygen atoms in total. The number of hydrogen-bond donors (Lipinski definition) is 2. The van der Waals surface area contributed by atoms with Gasteiger partial charge in [0.05, 0.1) is 0 Å². The van der Waals surface area contributed by atoms with Crippen molar-refractivity contribution in [3.63, 3.8) is 0 Å². The summed E-state index contributed by atoms with van der Waals surface area (Å²) in [7, 11) is 0. The Labute approximate surface area is 78.7 Å². The second-order valence-electron chi connectivity index (χ2n) is 1.76. The van der Waals surface area contributed by atoms with Crippen molar-refractivity contribution in [2.24, 2.45) is 0 Å². The Morgan fingerprint density at radius 2 is 2.18 bits per heavy atom. The lowest BCUT2D eigenvalue weighted by Gasteiger charge is -2.09. The fourth-order valence-electron chi connectivity index (χ4n) is 0.393.